The Morgan fingerprint density at radius 3 is 2.25 bits per heavy atom. The van der Waals surface area contributed by atoms with Gasteiger partial charge >= 0.3 is 6.09 Å². The number of amides is 1. The summed E-state index contributed by atoms with van der Waals surface area (Å²) in [5.41, 5.74) is 5.91. The van der Waals surface area contributed by atoms with Crippen molar-refractivity contribution in [2.24, 2.45) is 0 Å². The van der Waals surface area contributed by atoms with Gasteiger partial charge in [0.05, 0.1) is 0 Å². The molecule has 0 bridgehead atoms. The standard InChI is InChI=1S/C26H21NO5/c28-14-18-13-25-24(31-16-32-25)12-17(18)6-5-11-27-26(29)30-15-23-21-9-3-1-7-19(21)20-8-2-4-10-22(20)23/h1-10,12-14,23H,11,15-16H2,(H,27,29). The van der Waals surface area contributed by atoms with Crippen molar-refractivity contribution in [2.75, 3.05) is 19.9 Å². The van der Waals surface area contributed by atoms with Crippen molar-refractivity contribution in [3.63, 3.8) is 0 Å². The number of hydrogen-bond donors (Lipinski definition) is 1. The molecule has 1 amide bonds. The number of hydrogen-bond acceptors (Lipinski definition) is 5. The molecule has 1 aliphatic carbocycles. The van der Waals surface area contributed by atoms with E-state index in [2.05, 4.69) is 29.6 Å². The van der Waals surface area contributed by atoms with Crippen LogP contribution in [0.15, 0.2) is 66.7 Å². The van der Waals surface area contributed by atoms with Gasteiger partial charge in [-0.1, -0.05) is 60.7 Å². The lowest BCUT2D eigenvalue weighted by molar-refractivity contribution is 0.112. The minimum atomic E-state index is -0.488. The number of alkyl carbamates (subject to hydrolysis) is 1. The molecule has 1 N–H and O–H groups in total. The minimum absolute atomic E-state index is 0.0208. The number of carbonyl (C=O) groups is 2. The molecular weight excluding hydrogens is 406 g/mol. The van der Waals surface area contributed by atoms with Gasteiger partial charge < -0.3 is 19.5 Å². The Morgan fingerprint density at radius 1 is 0.969 bits per heavy atom. The van der Waals surface area contributed by atoms with Crippen LogP contribution in [0.3, 0.4) is 0 Å². The number of carbonyl (C=O) groups excluding carboxylic acids is 2. The monoisotopic (exact) mass is 427 g/mol. The Bertz CT molecular complexity index is 1170. The fraction of sp³-hybridized carbons (Fsp3) is 0.154. The first-order valence-corrected chi connectivity index (χ1v) is 10.4. The van der Waals surface area contributed by atoms with Crippen molar-refractivity contribution in [3.05, 3.63) is 89.0 Å². The number of ether oxygens (including phenoxy) is 3. The van der Waals surface area contributed by atoms with E-state index in [0.29, 0.717) is 22.6 Å². The van der Waals surface area contributed by atoms with Crippen LogP contribution in [0.25, 0.3) is 17.2 Å². The molecule has 1 aliphatic heterocycles. The summed E-state index contributed by atoms with van der Waals surface area (Å²) in [6.45, 7) is 0.675. The van der Waals surface area contributed by atoms with Crippen LogP contribution < -0.4 is 14.8 Å². The fourth-order valence-electron chi connectivity index (χ4n) is 4.20. The third-order valence-electron chi connectivity index (χ3n) is 5.71. The molecule has 32 heavy (non-hydrogen) atoms. The quantitative estimate of drug-likeness (QED) is 0.573. The molecule has 3 aromatic carbocycles. The highest BCUT2D eigenvalue weighted by Crippen LogP contribution is 2.44. The van der Waals surface area contributed by atoms with Gasteiger partial charge in [0.25, 0.3) is 0 Å². The molecule has 0 unspecified atom stereocenters. The first-order valence-electron chi connectivity index (χ1n) is 10.4. The molecule has 1 heterocycles. The Morgan fingerprint density at radius 2 is 1.59 bits per heavy atom. The minimum Gasteiger partial charge on any atom is -0.454 e. The lowest BCUT2D eigenvalue weighted by Gasteiger charge is -2.14. The maximum Gasteiger partial charge on any atom is 0.407 e. The first-order chi connectivity index (χ1) is 15.7. The number of benzene rings is 3. The predicted molar refractivity (Wildman–Crippen MR) is 120 cm³/mol. The van der Waals surface area contributed by atoms with Crippen LogP contribution in [0.2, 0.25) is 0 Å². The van der Waals surface area contributed by atoms with Crippen molar-refractivity contribution in [1.82, 2.24) is 5.32 Å². The van der Waals surface area contributed by atoms with Gasteiger partial charge in [-0.2, -0.15) is 0 Å². The molecule has 3 aromatic rings. The summed E-state index contributed by atoms with van der Waals surface area (Å²) in [5, 5.41) is 2.72. The lowest BCUT2D eigenvalue weighted by Crippen LogP contribution is -2.26. The van der Waals surface area contributed by atoms with Crippen LogP contribution in [0.4, 0.5) is 4.79 Å². The number of nitrogens with one attached hydrogen (secondary N) is 1. The van der Waals surface area contributed by atoms with Gasteiger partial charge in [0.2, 0.25) is 6.79 Å². The maximum atomic E-state index is 12.3. The van der Waals surface area contributed by atoms with Gasteiger partial charge in [-0.15, -0.1) is 0 Å². The molecule has 160 valence electrons. The van der Waals surface area contributed by atoms with E-state index >= 15 is 0 Å². The van der Waals surface area contributed by atoms with Crippen molar-refractivity contribution in [1.29, 1.82) is 0 Å². The summed E-state index contributed by atoms with van der Waals surface area (Å²) < 4.78 is 16.2. The largest absolute Gasteiger partial charge is 0.454 e. The molecule has 5 rings (SSSR count). The van der Waals surface area contributed by atoms with E-state index in [0.717, 1.165) is 6.29 Å². The summed E-state index contributed by atoms with van der Waals surface area (Å²) in [5.74, 6) is 1.17. The van der Waals surface area contributed by atoms with Gasteiger partial charge in [0.15, 0.2) is 17.8 Å². The molecule has 0 atom stereocenters. The van der Waals surface area contributed by atoms with Crippen molar-refractivity contribution in [3.8, 4) is 22.6 Å². The third kappa shape index (κ3) is 3.71. The van der Waals surface area contributed by atoms with Gasteiger partial charge in [-0.05, 0) is 39.9 Å². The van der Waals surface area contributed by atoms with Crippen LogP contribution in [0.1, 0.15) is 33.0 Å². The summed E-state index contributed by atoms with van der Waals surface area (Å²) >= 11 is 0. The van der Waals surface area contributed by atoms with E-state index in [-0.39, 0.29) is 25.9 Å². The molecule has 0 saturated carbocycles. The topological polar surface area (TPSA) is 73.9 Å². The van der Waals surface area contributed by atoms with Crippen molar-refractivity contribution >= 4 is 18.5 Å². The van der Waals surface area contributed by atoms with E-state index in [1.165, 1.54) is 22.3 Å². The molecule has 2 aliphatic rings. The predicted octanol–water partition coefficient (Wildman–Crippen LogP) is 4.78. The second kappa shape index (κ2) is 8.59. The molecule has 0 saturated heterocycles. The van der Waals surface area contributed by atoms with Gasteiger partial charge in [0, 0.05) is 18.0 Å². The van der Waals surface area contributed by atoms with E-state index < -0.39 is 6.09 Å². The van der Waals surface area contributed by atoms with E-state index in [4.69, 9.17) is 14.2 Å². The van der Waals surface area contributed by atoms with E-state index in [1.54, 1.807) is 24.3 Å². The van der Waals surface area contributed by atoms with Crippen LogP contribution >= 0.6 is 0 Å². The van der Waals surface area contributed by atoms with Crippen molar-refractivity contribution < 1.29 is 23.8 Å². The average Bonchev–Trinajstić information content (AvgIpc) is 3.41. The molecule has 0 spiro atoms. The SMILES string of the molecule is O=Cc1cc2c(cc1C=CCNC(=O)OCC1c3ccccc3-c3ccccc31)OCO2. The second-order valence-electron chi connectivity index (χ2n) is 7.56. The van der Waals surface area contributed by atoms with Gasteiger partial charge in [0.1, 0.15) is 6.61 Å². The summed E-state index contributed by atoms with van der Waals surface area (Å²) in [4.78, 5) is 23.6. The molecule has 6 nitrogen and oxygen atoms in total. The zero-order valence-corrected chi connectivity index (χ0v) is 17.2. The summed E-state index contributed by atoms with van der Waals surface area (Å²) in [6, 6.07) is 19.8. The Kier molecular flexibility index (Phi) is 5.34. The molecule has 0 aromatic heterocycles. The summed E-state index contributed by atoms with van der Waals surface area (Å²) in [6.07, 6.45) is 3.79. The summed E-state index contributed by atoms with van der Waals surface area (Å²) in [7, 11) is 0. The highest BCUT2D eigenvalue weighted by molar-refractivity contribution is 5.84. The zero-order valence-electron chi connectivity index (χ0n) is 17.2. The Balaban J connectivity index is 1.19. The number of rotatable bonds is 6. The Labute approximate surface area is 185 Å². The fourth-order valence-corrected chi connectivity index (χ4v) is 4.20. The zero-order chi connectivity index (χ0) is 21.9. The van der Waals surface area contributed by atoms with Crippen LogP contribution in [0.5, 0.6) is 11.5 Å². The average molecular weight is 427 g/mol. The van der Waals surface area contributed by atoms with Gasteiger partial charge in [-0.25, -0.2) is 4.79 Å². The lowest BCUT2D eigenvalue weighted by atomic mass is 9.98. The van der Waals surface area contributed by atoms with Gasteiger partial charge in [-0.3, -0.25) is 4.79 Å². The Hall–Kier alpha value is -4.06. The molecule has 0 radical (unpaired) electrons. The first kappa shape index (κ1) is 19.9. The normalized spacial score (nSPS) is 13.6. The van der Waals surface area contributed by atoms with E-state index in [1.807, 2.05) is 24.3 Å². The van der Waals surface area contributed by atoms with Crippen molar-refractivity contribution in [2.45, 2.75) is 5.92 Å². The second-order valence-corrected chi connectivity index (χ2v) is 7.56. The number of fused-ring (bicyclic) bond motifs is 4. The molecule has 6 heteroatoms. The molecule has 0 fully saturated rings. The highest BCUT2D eigenvalue weighted by atomic mass is 16.7. The highest BCUT2D eigenvalue weighted by Gasteiger charge is 2.28. The van der Waals surface area contributed by atoms with Crippen LogP contribution in [-0.2, 0) is 4.74 Å². The third-order valence-corrected chi connectivity index (χ3v) is 5.71. The van der Waals surface area contributed by atoms with Crippen LogP contribution in [-0.4, -0.2) is 32.3 Å². The molecular formula is C26H21NO5. The van der Waals surface area contributed by atoms with Crippen LogP contribution in [0, 0.1) is 0 Å². The number of aldehydes is 1. The maximum absolute atomic E-state index is 12.3. The van der Waals surface area contributed by atoms with E-state index in [9.17, 15) is 9.59 Å². The smallest absolute Gasteiger partial charge is 0.407 e.